The Morgan fingerprint density at radius 3 is 1.62 bits per heavy atom. The lowest BCUT2D eigenvalue weighted by Gasteiger charge is -2.25. The Morgan fingerprint density at radius 1 is 0.625 bits per heavy atom. The fraction of sp³-hybridized carbons (Fsp3) is 0.0476. The van der Waals surface area contributed by atoms with Gasteiger partial charge in [-0.3, -0.25) is 0 Å². The zero-order valence-electron chi connectivity index (χ0n) is 13.6. The summed E-state index contributed by atoms with van der Waals surface area (Å²) < 4.78 is 0. The first-order valence-electron chi connectivity index (χ1n) is 7.90. The number of benzene rings is 3. The van der Waals surface area contributed by atoms with Gasteiger partial charge in [-0.05, 0) is 48.9 Å². The van der Waals surface area contributed by atoms with Gasteiger partial charge in [0.2, 0.25) is 0 Å². The van der Waals surface area contributed by atoms with E-state index in [1.807, 2.05) is 31.2 Å². The molecule has 0 aliphatic carbocycles. The summed E-state index contributed by atoms with van der Waals surface area (Å²) in [7, 11) is 0. The molecular formula is C21H19N3. The maximum absolute atomic E-state index is 3.98. The smallest absolute Gasteiger partial charge is 0.0567 e. The molecule has 0 heterocycles. The minimum Gasteiger partial charge on any atom is -0.311 e. The second kappa shape index (κ2) is 7.88. The molecule has 3 rings (SSSR count). The van der Waals surface area contributed by atoms with Gasteiger partial charge in [-0.1, -0.05) is 48.5 Å². The second-order valence-electron chi connectivity index (χ2n) is 5.22. The van der Waals surface area contributed by atoms with Crippen molar-refractivity contribution in [2.75, 3.05) is 4.90 Å². The van der Waals surface area contributed by atoms with Gasteiger partial charge in [-0.25, -0.2) is 0 Å². The topological polar surface area (TPSA) is 28.0 Å². The molecule has 0 atom stereocenters. The van der Waals surface area contributed by atoms with Gasteiger partial charge in [0.15, 0.2) is 0 Å². The molecule has 0 aliphatic heterocycles. The van der Waals surface area contributed by atoms with Gasteiger partial charge in [0, 0.05) is 23.3 Å². The van der Waals surface area contributed by atoms with Crippen LogP contribution in [0.25, 0.3) is 0 Å². The minimum absolute atomic E-state index is 1.02. The lowest BCUT2D eigenvalue weighted by Crippen LogP contribution is -2.09. The zero-order chi connectivity index (χ0) is 16.6. The summed E-state index contributed by atoms with van der Waals surface area (Å²) in [4.78, 5) is 2.23. The highest BCUT2D eigenvalue weighted by Crippen LogP contribution is 2.33. The number of para-hydroxylation sites is 2. The maximum atomic E-state index is 3.98. The van der Waals surface area contributed by atoms with Crippen LogP contribution in [0.15, 0.2) is 95.1 Å². The normalized spacial score (nSPS) is 11.2. The average Bonchev–Trinajstić information content (AvgIpc) is 2.65. The van der Waals surface area contributed by atoms with Gasteiger partial charge in [-0.2, -0.15) is 10.2 Å². The molecule has 0 bridgehead atoms. The molecule has 0 fully saturated rings. The lowest BCUT2D eigenvalue weighted by atomic mass is 10.1. The largest absolute Gasteiger partial charge is 0.311 e. The van der Waals surface area contributed by atoms with Crippen molar-refractivity contribution in [3.05, 3.63) is 90.5 Å². The second-order valence-corrected chi connectivity index (χ2v) is 5.22. The molecule has 3 nitrogen and oxygen atoms in total. The summed E-state index contributed by atoms with van der Waals surface area (Å²) in [5.41, 5.74) is 4.37. The van der Waals surface area contributed by atoms with Crippen LogP contribution in [0.2, 0.25) is 0 Å². The van der Waals surface area contributed by atoms with E-state index in [9.17, 15) is 0 Å². The highest BCUT2D eigenvalue weighted by molar-refractivity contribution is 5.82. The van der Waals surface area contributed by atoms with E-state index in [2.05, 4.69) is 75.8 Å². The molecule has 0 spiro atoms. The predicted octanol–water partition coefficient (Wildman–Crippen LogP) is 5.58. The molecule has 3 aromatic rings. The summed E-state index contributed by atoms with van der Waals surface area (Å²) in [5, 5.41) is 7.84. The Kier molecular flexibility index (Phi) is 5.15. The molecule has 0 amide bonds. The van der Waals surface area contributed by atoms with Crippen molar-refractivity contribution in [2.45, 2.75) is 6.92 Å². The van der Waals surface area contributed by atoms with E-state index in [-0.39, 0.29) is 0 Å². The van der Waals surface area contributed by atoms with E-state index in [4.69, 9.17) is 0 Å². The van der Waals surface area contributed by atoms with Gasteiger partial charge in [0.05, 0.1) is 6.21 Å². The van der Waals surface area contributed by atoms with E-state index in [0.29, 0.717) is 0 Å². The van der Waals surface area contributed by atoms with Crippen LogP contribution in [0.3, 0.4) is 0 Å². The maximum Gasteiger partial charge on any atom is 0.0567 e. The van der Waals surface area contributed by atoms with Crippen LogP contribution in [0.1, 0.15) is 12.5 Å². The van der Waals surface area contributed by atoms with Gasteiger partial charge in [-0.15, -0.1) is 0 Å². The molecule has 0 aliphatic rings. The SMILES string of the molecule is CC=NN=Cc1ccc(N(c2ccccc2)c2ccccc2)cc1. The summed E-state index contributed by atoms with van der Waals surface area (Å²) in [6, 6.07) is 29.0. The predicted molar refractivity (Wildman–Crippen MR) is 103 cm³/mol. The molecule has 24 heavy (non-hydrogen) atoms. The summed E-state index contributed by atoms with van der Waals surface area (Å²) >= 11 is 0. The third-order valence-corrected chi connectivity index (χ3v) is 3.57. The molecule has 3 aromatic carbocycles. The first kappa shape index (κ1) is 15.7. The Morgan fingerprint density at radius 2 is 1.12 bits per heavy atom. The van der Waals surface area contributed by atoms with Crippen molar-refractivity contribution in [1.29, 1.82) is 0 Å². The van der Waals surface area contributed by atoms with E-state index in [1.165, 1.54) is 0 Å². The lowest BCUT2D eigenvalue weighted by molar-refractivity contribution is 1.26. The van der Waals surface area contributed by atoms with Gasteiger partial charge in [0.1, 0.15) is 0 Å². The highest BCUT2D eigenvalue weighted by Gasteiger charge is 2.11. The van der Waals surface area contributed by atoms with Crippen molar-refractivity contribution in [1.82, 2.24) is 0 Å². The molecule has 0 saturated carbocycles. The number of hydrogen-bond donors (Lipinski definition) is 0. The number of nitrogens with zero attached hydrogens (tertiary/aromatic N) is 3. The third-order valence-electron chi connectivity index (χ3n) is 3.57. The van der Waals surface area contributed by atoms with Crippen molar-refractivity contribution >= 4 is 29.5 Å². The summed E-state index contributed by atoms with van der Waals surface area (Å²) in [6.45, 7) is 1.85. The first-order valence-corrected chi connectivity index (χ1v) is 7.90. The summed E-state index contributed by atoms with van der Waals surface area (Å²) in [5.74, 6) is 0. The van der Waals surface area contributed by atoms with E-state index in [0.717, 1.165) is 22.6 Å². The number of hydrogen-bond acceptors (Lipinski definition) is 3. The van der Waals surface area contributed by atoms with E-state index in [1.54, 1.807) is 12.4 Å². The van der Waals surface area contributed by atoms with E-state index < -0.39 is 0 Å². The zero-order valence-corrected chi connectivity index (χ0v) is 13.6. The van der Waals surface area contributed by atoms with E-state index >= 15 is 0 Å². The fourth-order valence-corrected chi connectivity index (χ4v) is 2.48. The number of anilines is 3. The van der Waals surface area contributed by atoms with Crippen LogP contribution in [0.5, 0.6) is 0 Å². The fourth-order valence-electron chi connectivity index (χ4n) is 2.48. The van der Waals surface area contributed by atoms with Crippen LogP contribution < -0.4 is 4.90 Å². The Bertz CT molecular complexity index is 767. The van der Waals surface area contributed by atoms with Crippen LogP contribution in [-0.4, -0.2) is 12.4 Å². The Labute approximate surface area is 142 Å². The Balaban J connectivity index is 1.97. The third kappa shape index (κ3) is 3.76. The molecule has 0 N–H and O–H groups in total. The molecule has 0 unspecified atom stereocenters. The molecule has 0 aromatic heterocycles. The summed E-state index contributed by atoms with van der Waals surface area (Å²) in [6.07, 6.45) is 3.41. The standard InChI is InChI=1S/C21H19N3/c1-2-22-23-17-18-13-15-21(16-14-18)24(19-9-5-3-6-10-19)20-11-7-4-8-12-20/h2-17H,1H3. The quantitative estimate of drug-likeness (QED) is 0.446. The average molecular weight is 313 g/mol. The first-order chi connectivity index (χ1) is 11.9. The van der Waals surface area contributed by atoms with Crippen LogP contribution >= 0.6 is 0 Å². The molecular weight excluding hydrogens is 294 g/mol. The minimum atomic E-state index is 1.02. The van der Waals surface area contributed by atoms with Crippen molar-refractivity contribution < 1.29 is 0 Å². The highest BCUT2D eigenvalue weighted by atomic mass is 15.2. The molecule has 0 saturated heterocycles. The van der Waals surface area contributed by atoms with Crippen molar-refractivity contribution in [2.24, 2.45) is 10.2 Å². The van der Waals surface area contributed by atoms with Gasteiger partial charge < -0.3 is 4.90 Å². The van der Waals surface area contributed by atoms with Gasteiger partial charge >= 0.3 is 0 Å². The number of rotatable bonds is 5. The monoisotopic (exact) mass is 313 g/mol. The Hall–Kier alpha value is -3.20. The molecule has 118 valence electrons. The van der Waals surface area contributed by atoms with Crippen LogP contribution in [0, 0.1) is 0 Å². The van der Waals surface area contributed by atoms with Crippen LogP contribution in [0.4, 0.5) is 17.1 Å². The van der Waals surface area contributed by atoms with Crippen molar-refractivity contribution in [3.63, 3.8) is 0 Å². The van der Waals surface area contributed by atoms with Crippen LogP contribution in [-0.2, 0) is 0 Å². The molecule has 0 radical (unpaired) electrons. The molecule has 3 heteroatoms. The van der Waals surface area contributed by atoms with Gasteiger partial charge in [0.25, 0.3) is 0 Å². The van der Waals surface area contributed by atoms with Crippen molar-refractivity contribution in [3.8, 4) is 0 Å².